The summed E-state index contributed by atoms with van der Waals surface area (Å²) in [6.45, 7) is 8.96. The van der Waals surface area contributed by atoms with Crippen LogP contribution in [0.5, 0.6) is 0 Å². The molecular weight excluding hydrogens is 246 g/mol. The van der Waals surface area contributed by atoms with Gasteiger partial charge in [0.1, 0.15) is 0 Å². The number of thiocarbonyl (C=S) groups is 1. The number of carbonyl (C=O) groups excluding carboxylic acids is 1. The molecule has 2 unspecified atom stereocenters. The summed E-state index contributed by atoms with van der Waals surface area (Å²) in [6, 6.07) is -0.102. The van der Waals surface area contributed by atoms with Gasteiger partial charge < -0.3 is 11.1 Å². The predicted molar refractivity (Wildman–Crippen MR) is 78.5 cm³/mol. The van der Waals surface area contributed by atoms with Gasteiger partial charge in [0.2, 0.25) is 5.91 Å². The Morgan fingerprint density at radius 1 is 1.61 bits per heavy atom. The van der Waals surface area contributed by atoms with Crippen molar-refractivity contribution < 1.29 is 4.79 Å². The lowest BCUT2D eigenvalue weighted by molar-refractivity contribution is -0.127. The largest absolute Gasteiger partial charge is 0.392 e. The fraction of sp³-hybridized carbons (Fsp3) is 0.846. The van der Waals surface area contributed by atoms with E-state index in [0.717, 1.165) is 25.8 Å². The summed E-state index contributed by atoms with van der Waals surface area (Å²) in [5.41, 5.74) is 5.57. The Balaban J connectivity index is 2.66. The Kier molecular flexibility index (Phi) is 5.10. The molecule has 2 atom stereocenters. The molecule has 0 bridgehead atoms. The Hall–Kier alpha value is -0.680. The number of rotatable bonds is 5. The lowest BCUT2D eigenvalue weighted by Crippen LogP contribution is -2.54. The summed E-state index contributed by atoms with van der Waals surface area (Å²) in [5.74, 6) is 0.0602. The molecule has 0 radical (unpaired) electrons. The van der Waals surface area contributed by atoms with Crippen LogP contribution in [-0.2, 0) is 4.79 Å². The van der Waals surface area contributed by atoms with E-state index in [9.17, 15) is 4.79 Å². The normalized spacial score (nSPS) is 22.8. The van der Waals surface area contributed by atoms with Gasteiger partial charge in [-0.1, -0.05) is 19.1 Å². The van der Waals surface area contributed by atoms with Crippen molar-refractivity contribution in [2.75, 3.05) is 6.54 Å². The Bertz CT molecular complexity index is 330. The molecule has 0 aromatic heterocycles. The van der Waals surface area contributed by atoms with Crippen molar-refractivity contribution >= 4 is 23.1 Å². The van der Waals surface area contributed by atoms with E-state index in [4.69, 9.17) is 18.0 Å². The van der Waals surface area contributed by atoms with E-state index in [2.05, 4.69) is 17.1 Å². The number of nitrogens with zero attached hydrogens (tertiary/aromatic N) is 1. The first-order valence-electron chi connectivity index (χ1n) is 6.65. The number of amides is 1. The van der Waals surface area contributed by atoms with E-state index in [1.807, 2.05) is 20.8 Å². The molecule has 1 aliphatic rings. The summed E-state index contributed by atoms with van der Waals surface area (Å²) in [6.07, 6.45) is 2.92. The van der Waals surface area contributed by atoms with Crippen molar-refractivity contribution in [2.45, 2.75) is 64.6 Å². The van der Waals surface area contributed by atoms with Gasteiger partial charge in [0.25, 0.3) is 0 Å². The van der Waals surface area contributed by atoms with Crippen molar-refractivity contribution in [3.8, 4) is 0 Å². The lowest BCUT2D eigenvalue weighted by atomic mass is 10.0. The van der Waals surface area contributed by atoms with Gasteiger partial charge in [0.15, 0.2) is 0 Å². The second-order valence-electron chi connectivity index (χ2n) is 5.70. The second-order valence-corrected chi connectivity index (χ2v) is 6.17. The fourth-order valence-electron chi connectivity index (χ4n) is 2.24. The maximum atomic E-state index is 12.2. The molecule has 1 saturated heterocycles. The third-order valence-electron chi connectivity index (χ3n) is 3.85. The van der Waals surface area contributed by atoms with E-state index in [0.29, 0.717) is 4.99 Å². The van der Waals surface area contributed by atoms with Crippen LogP contribution in [0.4, 0.5) is 0 Å². The van der Waals surface area contributed by atoms with Crippen molar-refractivity contribution in [1.82, 2.24) is 10.2 Å². The van der Waals surface area contributed by atoms with Gasteiger partial charge in [-0.3, -0.25) is 9.69 Å². The third kappa shape index (κ3) is 3.65. The van der Waals surface area contributed by atoms with Crippen molar-refractivity contribution in [3.05, 3.63) is 0 Å². The smallest absolute Gasteiger partial charge is 0.237 e. The number of nitrogens with one attached hydrogen (secondary N) is 1. The first kappa shape index (κ1) is 15.4. The number of hydrogen-bond donors (Lipinski definition) is 2. The third-order valence-corrected chi connectivity index (χ3v) is 4.12. The van der Waals surface area contributed by atoms with Crippen LogP contribution in [0.2, 0.25) is 0 Å². The molecule has 0 aromatic carbocycles. The lowest BCUT2D eigenvalue weighted by Gasteiger charge is -2.32. The number of hydrogen-bond acceptors (Lipinski definition) is 3. The molecule has 1 amide bonds. The first-order valence-corrected chi connectivity index (χ1v) is 7.06. The number of likely N-dealkylation sites (tertiary alicyclic amines) is 1. The van der Waals surface area contributed by atoms with Gasteiger partial charge >= 0.3 is 0 Å². The average molecular weight is 271 g/mol. The quantitative estimate of drug-likeness (QED) is 0.743. The molecule has 0 spiro atoms. The maximum Gasteiger partial charge on any atom is 0.237 e. The Morgan fingerprint density at radius 2 is 2.22 bits per heavy atom. The Morgan fingerprint density at radius 3 is 2.72 bits per heavy atom. The van der Waals surface area contributed by atoms with Crippen LogP contribution in [0.25, 0.3) is 0 Å². The van der Waals surface area contributed by atoms with Gasteiger partial charge in [-0.05, 0) is 46.6 Å². The average Bonchev–Trinajstić information content (AvgIpc) is 2.76. The maximum absolute atomic E-state index is 12.2. The van der Waals surface area contributed by atoms with Crippen molar-refractivity contribution in [3.63, 3.8) is 0 Å². The highest BCUT2D eigenvalue weighted by molar-refractivity contribution is 7.80. The molecule has 1 heterocycles. The molecule has 104 valence electrons. The highest BCUT2D eigenvalue weighted by Gasteiger charge is 2.34. The molecule has 0 aliphatic carbocycles. The molecular formula is C13H25N3OS. The van der Waals surface area contributed by atoms with E-state index in [-0.39, 0.29) is 23.5 Å². The van der Waals surface area contributed by atoms with E-state index < -0.39 is 0 Å². The van der Waals surface area contributed by atoms with Crippen LogP contribution < -0.4 is 11.1 Å². The molecule has 1 aliphatic heterocycles. The highest BCUT2D eigenvalue weighted by Crippen LogP contribution is 2.21. The van der Waals surface area contributed by atoms with Gasteiger partial charge in [-0.15, -0.1) is 0 Å². The van der Waals surface area contributed by atoms with E-state index in [1.54, 1.807) is 0 Å². The molecule has 5 heteroatoms. The van der Waals surface area contributed by atoms with Gasteiger partial charge in [0, 0.05) is 5.54 Å². The summed E-state index contributed by atoms with van der Waals surface area (Å²) < 4.78 is 0. The van der Waals surface area contributed by atoms with Crippen LogP contribution in [-0.4, -0.2) is 40.0 Å². The molecule has 3 N–H and O–H groups in total. The molecule has 4 nitrogen and oxygen atoms in total. The van der Waals surface area contributed by atoms with Crippen molar-refractivity contribution in [2.24, 2.45) is 5.73 Å². The highest BCUT2D eigenvalue weighted by atomic mass is 32.1. The second kappa shape index (κ2) is 5.97. The van der Waals surface area contributed by atoms with Crippen LogP contribution >= 0.6 is 12.2 Å². The van der Waals surface area contributed by atoms with Gasteiger partial charge in [-0.25, -0.2) is 0 Å². The molecule has 0 aromatic rings. The van der Waals surface area contributed by atoms with Crippen LogP contribution in [0, 0.1) is 0 Å². The van der Waals surface area contributed by atoms with E-state index >= 15 is 0 Å². The van der Waals surface area contributed by atoms with Crippen LogP contribution in [0.3, 0.4) is 0 Å². The topological polar surface area (TPSA) is 58.4 Å². The summed E-state index contributed by atoms with van der Waals surface area (Å²) in [7, 11) is 0. The van der Waals surface area contributed by atoms with Crippen LogP contribution in [0.15, 0.2) is 0 Å². The fourth-order valence-corrected chi connectivity index (χ4v) is 2.49. The number of carbonyl (C=O) groups is 1. The summed E-state index contributed by atoms with van der Waals surface area (Å²) >= 11 is 5.08. The van der Waals surface area contributed by atoms with E-state index in [1.165, 1.54) is 0 Å². The molecule has 1 fully saturated rings. The zero-order valence-corrected chi connectivity index (χ0v) is 12.6. The minimum Gasteiger partial charge on any atom is -0.392 e. The zero-order valence-electron chi connectivity index (χ0n) is 11.8. The van der Waals surface area contributed by atoms with Gasteiger partial charge in [-0.2, -0.15) is 0 Å². The number of nitrogens with two attached hydrogens (primary N) is 1. The van der Waals surface area contributed by atoms with Crippen LogP contribution in [0.1, 0.15) is 47.0 Å². The minimum atomic E-state index is -0.176. The molecule has 0 saturated carbocycles. The zero-order chi connectivity index (χ0) is 13.9. The SMILES string of the molecule is CCC(C)(C)NC(=O)C(C)N1CCCC1C(N)=S. The Labute approximate surface area is 115 Å². The molecule has 1 rings (SSSR count). The van der Waals surface area contributed by atoms with Gasteiger partial charge in [0.05, 0.1) is 17.1 Å². The monoisotopic (exact) mass is 271 g/mol. The first-order chi connectivity index (χ1) is 8.28. The minimum absolute atomic E-state index is 0.0602. The molecule has 18 heavy (non-hydrogen) atoms. The van der Waals surface area contributed by atoms with Crippen molar-refractivity contribution in [1.29, 1.82) is 0 Å². The standard InChI is InChI=1S/C13H25N3OS/c1-5-13(3,4)15-12(17)9(2)16-8-6-7-10(16)11(14)18/h9-10H,5-8H2,1-4H3,(H2,14,18)(H,15,17). The summed E-state index contributed by atoms with van der Waals surface area (Å²) in [5, 5.41) is 3.08. The predicted octanol–water partition coefficient (Wildman–Crippen LogP) is 1.43. The summed E-state index contributed by atoms with van der Waals surface area (Å²) in [4.78, 5) is 14.9.